The van der Waals surface area contributed by atoms with Crippen molar-refractivity contribution in [3.8, 4) is 0 Å². The summed E-state index contributed by atoms with van der Waals surface area (Å²) < 4.78 is 0. The highest BCUT2D eigenvalue weighted by atomic mass is 16.4. The quantitative estimate of drug-likeness (QED) is 0.622. The molecule has 0 aromatic heterocycles. The van der Waals surface area contributed by atoms with Gasteiger partial charge in [0.05, 0.1) is 11.8 Å². The van der Waals surface area contributed by atoms with Crippen molar-refractivity contribution in [2.24, 2.45) is 17.1 Å². The first-order chi connectivity index (χ1) is 7.76. The maximum atomic E-state index is 12.0. The third-order valence-corrected chi connectivity index (χ3v) is 3.29. The summed E-state index contributed by atoms with van der Waals surface area (Å²) in [5, 5.41) is 11.6. The Morgan fingerprint density at radius 1 is 1.41 bits per heavy atom. The number of hydrogen-bond acceptors (Lipinski definition) is 3. The Bertz CT molecular complexity index is 273. The smallest absolute Gasteiger partial charge is 0.305 e. The Balaban J connectivity index is 4.65. The van der Waals surface area contributed by atoms with Gasteiger partial charge in [0.15, 0.2) is 0 Å². The zero-order valence-corrected chi connectivity index (χ0v) is 11.1. The summed E-state index contributed by atoms with van der Waals surface area (Å²) in [5.74, 6) is -0.994. The van der Waals surface area contributed by atoms with Gasteiger partial charge < -0.3 is 16.2 Å². The lowest BCUT2D eigenvalue weighted by Crippen LogP contribution is -2.49. The van der Waals surface area contributed by atoms with Crippen molar-refractivity contribution >= 4 is 11.9 Å². The largest absolute Gasteiger partial charge is 0.481 e. The Kier molecular flexibility index (Phi) is 6.16. The van der Waals surface area contributed by atoms with Crippen molar-refractivity contribution < 1.29 is 14.7 Å². The predicted octanol–water partition coefficient (Wildman–Crippen LogP) is 0.977. The second kappa shape index (κ2) is 6.59. The molecule has 0 aliphatic rings. The molecule has 0 radical (unpaired) electrons. The lowest BCUT2D eigenvalue weighted by Gasteiger charge is -2.29. The first-order valence-electron chi connectivity index (χ1n) is 5.99. The summed E-state index contributed by atoms with van der Waals surface area (Å²) in [6.07, 6.45) is 0.570. The number of rotatable bonds is 7. The average molecular weight is 244 g/mol. The average Bonchev–Trinajstić information content (AvgIpc) is 2.26. The molecule has 5 heteroatoms. The lowest BCUT2D eigenvalue weighted by molar-refractivity contribution is -0.138. The van der Waals surface area contributed by atoms with Crippen LogP contribution in [0.3, 0.4) is 0 Å². The van der Waals surface area contributed by atoms with E-state index in [2.05, 4.69) is 5.32 Å². The minimum atomic E-state index is -0.907. The minimum absolute atomic E-state index is 0.0617. The van der Waals surface area contributed by atoms with E-state index >= 15 is 0 Å². The van der Waals surface area contributed by atoms with E-state index in [1.165, 1.54) is 0 Å². The summed E-state index contributed by atoms with van der Waals surface area (Å²) >= 11 is 0. The molecule has 0 aliphatic heterocycles. The van der Waals surface area contributed by atoms with E-state index in [-0.39, 0.29) is 30.8 Å². The van der Waals surface area contributed by atoms with E-state index in [4.69, 9.17) is 10.8 Å². The topological polar surface area (TPSA) is 92.4 Å². The van der Waals surface area contributed by atoms with Crippen molar-refractivity contribution in [3.05, 3.63) is 0 Å². The fourth-order valence-electron chi connectivity index (χ4n) is 1.38. The van der Waals surface area contributed by atoms with Crippen molar-refractivity contribution in [2.45, 2.75) is 46.6 Å². The number of hydrogen-bond donors (Lipinski definition) is 3. The Morgan fingerprint density at radius 3 is 2.24 bits per heavy atom. The van der Waals surface area contributed by atoms with Crippen LogP contribution in [-0.2, 0) is 9.59 Å². The van der Waals surface area contributed by atoms with Gasteiger partial charge in [0.25, 0.3) is 0 Å². The first kappa shape index (κ1) is 15.9. The van der Waals surface area contributed by atoms with Crippen LogP contribution in [0.5, 0.6) is 0 Å². The van der Waals surface area contributed by atoms with Gasteiger partial charge in [-0.05, 0) is 19.3 Å². The van der Waals surface area contributed by atoms with Crippen LogP contribution in [0.15, 0.2) is 0 Å². The highest BCUT2D eigenvalue weighted by molar-refractivity contribution is 5.83. The molecule has 0 bridgehead atoms. The molecule has 4 N–H and O–H groups in total. The van der Waals surface area contributed by atoms with Gasteiger partial charge in [-0.2, -0.15) is 0 Å². The Labute approximate surface area is 103 Å². The molecule has 0 saturated heterocycles. The summed E-state index contributed by atoms with van der Waals surface area (Å²) in [7, 11) is 0. The molecular formula is C12H24N2O3. The zero-order valence-electron chi connectivity index (χ0n) is 11.1. The van der Waals surface area contributed by atoms with Gasteiger partial charge in [-0.3, -0.25) is 9.59 Å². The van der Waals surface area contributed by atoms with Crippen LogP contribution >= 0.6 is 0 Å². The van der Waals surface area contributed by atoms with E-state index in [1.54, 1.807) is 6.92 Å². The fraction of sp³-hybridized carbons (Fsp3) is 0.833. The van der Waals surface area contributed by atoms with Crippen LogP contribution in [0.4, 0.5) is 0 Å². The maximum absolute atomic E-state index is 12.0. The van der Waals surface area contributed by atoms with E-state index in [0.717, 1.165) is 0 Å². The number of carboxylic acids is 1. The molecule has 0 heterocycles. The van der Waals surface area contributed by atoms with Gasteiger partial charge in [0.1, 0.15) is 0 Å². The summed E-state index contributed by atoms with van der Waals surface area (Å²) in [6, 6.07) is -0.350. The standard InChI is InChI=1S/C12H24N2O3/c1-5-12(4,7-13)11(17)14-9(8(2)3)6-10(15)16/h8-9H,5-7,13H2,1-4H3,(H,14,17)(H,15,16). The lowest BCUT2D eigenvalue weighted by atomic mass is 9.85. The SMILES string of the molecule is CCC(C)(CN)C(=O)NC(CC(=O)O)C(C)C. The molecule has 17 heavy (non-hydrogen) atoms. The third kappa shape index (κ3) is 4.73. The maximum Gasteiger partial charge on any atom is 0.305 e. The van der Waals surface area contributed by atoms with Gasteiger partial charge >= 0.3 is 5.97 Å². The summed E-state index contributed by atoms with van der Waals surface area (Å²) in [6.45, 7) is 7.72. The number of nitrogens with one attached hydrogen (secondary N) is 1. The van der Waals surface area contributed by atoms with Crippen LogP contribution in [-0.4, -0.2) is 29.6 Å². The van der Waals surface area contributed by atoms with Gasteiger partial charge in [-0.25, -0.2) is 0 Å². The summed E-state index contributed by atoms with van der Waals surface area (Å²) in [5.41, 5.74) is 4.97. The molecule has 0 saturated carbocycles. The number of amides is 1. The van der Waals surface area contributed by atoms with Crippen molar-refractivity contribution in [3.63, 3.8) is 0 Å². The fourth-order valence-corrected chi connectivity index (χ4v) is 1.38. The van der Waals surface area contributed by atoms with E-state index in [0.29, 0.717) is 6.42 Å². The second-order valence-electron chi connectivity index (χ2n) is 5.04. The molecule has 100 valence electrons. The first-order valence-corrected chi connectivity index (χ1v) is 5.99. The van der Waals surface area contributed by atoms with Gasteiger partial charge in [-0.1, -0.05) is 20.8 Å². The van der Waals surface area contributed by atoms with Crippen molar-refractivity contribution in [1.82, 2.24) is 5.32 Å². The highest BCUT2D eigenvalue weighted by Gasteiger charge is 2.32. The minimum Gasteiger partial charge on any atom is -0.481 e. The molecule has 5 nitrogen and oxygen atoms in total. The Hall–Kier alpha value is -1.10. The van der Waals surface area contributed by atoms with Crippen molar-refractivity contribution in [2.75, 3.05) is 6.54 Å². The number of nitrogens with two attached hydrogens (primary N) is 1. The molecule has 0 aliphatic carbocycles. The Morgan fingerprint density at radius 2 is 1.94 bits per heavy atom. The second-order valence-corrected chi connectivity index (χ2v) is 5.04. The molecule has 0 rings (SSSR count). The van der Waals surface area contributed by atoms with E-state index in [9.17, 15) is 9.59 Å². The monoisotopic (exact) mass is 244 g/mol. The molecule has 0 aromatic rings. The highest BCUT2D eigenvalue weighted by Crippen LogP contribution is 2.20. The van der Waals surface area contributed by atoms with Crippen LogP contribution in [0, 0.1) is 11.3 Å². The van der Waals surface area contributed by atoms with E-state index in [1.807, 2.05) is 20.8 Å². The molecule has 2 unspecified atom stereocenters. The van der Waals surface area contributed by atoms with Gasteiger partial charge in [0.2, 0.25) is 5.91 Å². The summed E-state index contributed by atoms with van der Waals surface area (Å²) in [4.78, 5) is 22.7. The molecule has 0 aromatic carbocycles. The van der Waals surface area contributed by atoms with Crippen LogP contribution in [0.1, 0.15) is 40.5 Å². The molecular weight excluding hydrogens is 220 g/mol. The zero-order chi connectivity index (χ0) is 13.6. The number of carboxylic acid groups (broad SMARTS) is 1. The van der Waals surface area contributed by atoms with Crippen LogP contribution in [0.25, 0.3) is 0 Å². The van der Waals surface area contributed by atoms with Gasteiger partial charge in [-0.15, -0.1) is 0 Å². The number of carbonyl (C=O) groups is 2. The number of carbonyl (C=O) groups excluding carboxylic acids is 1. The molecule has 2 atom stereocenters. The molecule has 1 amide bonds. The predicted molar refractivity (Wildman–Crippen MR) is 66.5 cm³/mol. The van der Waals surface area contributed by atoms with E-state index < -0.39 is 11.4 Å². The van der Waals surface area contributed by atoms with Crippen LogP contribution in [0.2, 0.25) is 0 Å². The van der Waals surface area contributed by atoms with Gasteiger partial charge in [0, 0.05) is 12.6 Å². The van der Waals surface area contributed by atoms with Crippen molar-refractivity contribution in [1.29, 1.82) is 0 Å². The molecule has 0 spiro atoms. The number of aliphatic carboxylic acids is 1. The normalized spacial score (nSPS) is 16.4. The molecule has 0 fully saturated rings. The van der Waals surface area contributed by atoms with Crippen LogP contribution < -0.4 is 11.1 Å². The third-order valence-electron chi connectivity index (χ3n) is 3.29.